The van der Waals surface area contributed by atoms with Crippen LogP contribution in [-0.2, 0) is 11.1 Å². The van der Waals surface area contributed by atoms with E-state index < -0.39 is 22.8 Å². The van der Waals surface area contributed by atoms with Crippen molar-refractivity contribution in [1.29, 1.82) is 0 Å². The molecule has 1 rings (SSSR count). The van der Waals surface area contributed by atoms with Gasteiger partial charge in [-0.3, -0.25) is 9.00 Å². The van der Waals surface area contributed by atoms with Crippen molar-refractivity contribution in [3.8, 4) is 0 Å². The summed E-state index contributed by atoms with van der Waals surface area (Å²) in [5.41, 5.74) is 0.307. The fraction of sp³-hybridized carbons (Fsp3) is 0.300. The van der Waals surface area contributed by atoms with Crippen LogP contribution in [0.1, 0.15) is 23.7 Å². The second-order valence-electron chi connectivity index (χ2n) is 3.19. The number of carbonyl (C=O) groups excluding carboxylic acids is 1. The van der Waals surface area contributed by atoms with Crippen LogP contribution in [0.5, 0.6) is 0 Å². The minimum atomic E-state index is -2.34. The number of anilines is 1. The van der Waals surface area contributed by atoms with Gasteiger partial charge in [-0.25, -0.2) is 4.39 Å². The summed E-state index contributed by atoms with van der Waals surface area (Å²) < 4.78 is 34.5. The van der Waals surface area contributed by atoms with E-state index in [0.717, 1.165) is 6.07 Å². The maximum atomic E-state index is 13.4. The van der Waals surface area contributed by atoms with Gasteiger partial charge in [0.2, 0.25) is 0 Å². The lowest BCUT2D eigenvalue weighted by atomic mass is 10.1. The van der Waals surface area contributed by atoms with Crippen LogP contribution in [0.3, 0.4) is 0 Å². The molecule has 17 heavy (non-hydrogen) atoms. The Balaban J connectivity index is 3.10. The molecule has 1 aromatic rings. The highest BCUT2D eigenvalue weighted by molar-refractivity contribution is 9.10. The van der Waals surface area contributed by atoms with Crippen LogP contribution in [0.4, 0.5) is 10.1 Å². The number of benzene rings is 1. The van der Waals surface area contributed by atoms with Gasteiger partial charge in [0.25, 0.3) is 0 Å². The van der Waals surface area contributed by atoms with Crippen molar-refractivity contribution >= 4 is 38.5 Å². The van der Waals surface area contributed by atoms with E-state index in [1.807, 2.05) is 0 Å². The molecule has 94 valence electrons. The highest BCUT2D eigenvalue weighted by Crippen LogP contribution is 2.30. The van der Waals surface area contributed by atoms with Gasteiger partial charge in [0, 0.05) is 12.0 Å². The summed E-state index contributed by atoms with van der Waals surface area (Å²) in [5.74, 6) is -1.18. The fourth-order valence-electron chi connectivity index (χ4n) is 1.25. The Morgan fingerprint density at radius 3 is 2.76 bits per heavy atom. The third-order valence-corrected chi connectivity index (χ3v) is 3.28. The number of hydrogen-bond acceptors (Lipinski definition) is 4. The first kappa shape index (κ1) is 14.3. The summed E-state index contributed by atoms with van der Waals surface area (Å²) in [7, 11) is 0. The second-order valence-corrected chi connectivity index (χ2v) is 4.87. The summed E-state index contributed by atoms with van der Waals surface area (Å²) in [5, 5.41) is 2.41. The number of Topliss-reactive ketones (excluding diaryl/α,β-unsaturated/α-hetero) is 1. The van der Waals surface area contributed by atoms with Gasteiger partial charge < -0.3 is 9.87 Å². The molecule has 0 fully saturated rings. The second kappa shape index (κ2) is 6.23. The maximum absolute atomic E-state index is 13.4. The van der Waals surface area contributed by atoms with Gasteiger partial charge in [0.05, 0.1) is 16.0 Å². The zero-order valence-electron chi connectivity index (χ0n) is 8.96. The highest BCUT2D eigenvalue weighted by atomic mass is 79.9. The van der Waals surface area contributed by atoms with Crippen LogP contribution >= 0.6 is 15.9 Å². The van der Waals surface area contributed by atoms with E-state index in [0.29, 0.717) is 5.56 Å². The molecule has 0 aliphatic carbocycles. The topological polar surface area (TPSA) is 69.2 Å². The average Bonchev–Trinajstić information content (AvgIpc) is 2.27. The van der Waals surface area contributed by atoms with E-state index in [9.17, 15) is 17.9 Å². The van der Waals surface area contributed by atoms with Gasteiger partial charge in [-0.05, 0) is 39.1 Å². The lowest BCUT2D eigenvalue weighted by Crippen LogP contribution is -2.11. The van der Waals surface area contributed by atoms with Crippen molar-refractivity contribution in [2.75, 3.05) is 11.2 Å². The summed E-state index contributed by atoms with van der Waals surface area (Å²) in [6.07, 6.45) is 0.289. The Bertz CT molecular complexity index is 467. The van der Waals surface area contributed by atoms with Gasteiger partial charge in [0.1, 0.15) is 5.82 Å². The van der Waals surface area contributed by atoms with Gasteiger partial charge in [0.15, 0.2) is 5.78 Å². The summed E-state index contributed by atoms with van der Waals surface area (Å²) in [6.45, 7) is 1.69. The summed E-state index contributed by atoms with van der Waals surface area (Å²) in [6, 6.07) is 2.49. The first-order valence-corrected chi connectivity index (χ1v) is 6.82. The fourth-order valence-corrected chi connectivity index (χ4v) is 2.20. The molecular formula is C10H10BrFNO3S-. The number of nitrogens with one attached hydrogen (secondary N) is 1. The molecule has 0 spiro atoms. The quantitative estimate of drug-likeness (QED) is 0.667. The molecule has 0 radical (unpaired) electrons. The summed E-state index contributed by atoms with van der Waals surface area (Å²) in [4.78, 5) is 11.5. The Hall–Kier alpha value is -0.790. The monoisotopic (exact) mass is 322 g/mol. The SMILES string of the molecule is CCC(=O)c1ccc(F)c(NCS(=O)[O-])c1Br. The van der Waals surface area contributed by atoms with Crippen LogP contribution in [0.25, 0.3) is 0 Å². The third kappa shape index (κ3) is 3.58. The lowest BCUT2D eigenvalue weighted by molar-refractivity contribution is 0.0987. The summed E-state index contributed by atoms with van der Waals surface area (Å²) >= 11 is 0.764. The van der Waals surface area contributed by atoms with Gasteiger partial charge >= 0.3 is 0 Å². The molecule has 0 bridgehead atoms. The van der Waals surface area contributed by atoms with Crippen LogP contribution in [0.15, 0.2) is 16.6 Å². The zero-order valence-corrected chi connectivity index (χ0v) is 11.4. The van der Waals surface area contributed by atoms with E-state index in [1.54, 1.807) is 6.92 Å². The molecule has 7 heteroatoms. The number of ketones is 1. The number of rotatable bonds is 5. The van der Waals surface area contributed by atoms with Crippen LogP contribution in [0, 0.1) is 5.82 Å². The van der Waals surface area contributed by atoms with Crippen molar-refractivity contribution in [2.24, 2.45) is 0 Å². The number of halogens is 2. The predicted molar refractivity (Wildman–Crippen MR) is 66.1 cm³/mol. The molecule has 0 aromatic heterocycles. The Morgan fingerprint density at radius 2 is 2.24 bits per heavy atom. The van der Waals surface area contributed by atoms with Crippen molar-refractivity contribution in [3.05, 3.63) is 28.0 Å². The largest absolute Gasteiger partial charge is 0.771 e. The van der Waals surface area contributed by atoms with E-state index in [1.165, 1.54) is 6.07 Å². The Labute approximate surface area is 109 Å². The third-order valence-electron chi connectivity index (χ3n) is 2.08. The molecule has 0 saturated heterocycles. The van der Waals surface area contributed by atoms with Crippen LogP contribution in [-0.4, -0.2) is 20.4 Å². The molecule has 1 aromatic carbocycles. The molecule has 0 aliphatic heterocycles. The van der Waals surface area contributed by atoms with Gasteiger partial charge in [-0.2, -0.15) is 0 Å². The standard InChI is InChI=1S/C10H11BrFNO3S/c1-2-8(14)6-3-4-7(12)10(9(6)11)13-5-17(15)16/h3-4,13H,2,5H2,1H3,(H,15,16)/p-1. The molecule has 1 N–H and O–H groups in total. The first-order valence-electron chi connectivity index (χ1n) is 4.78. The molecule has 0 heterocycles. The van der Waals surface area contributed by atoms with Crippen LogP contribution in [0.2, 0.25) is 0 Å². The van der Waals surface area contributed by atoms with E-state index in [4.69, 9.17) is 0 Å². The molecular weight excluding hydrogens is 313 g/mol. The average molecular weight is 323 g/mol. The van der Waals surface area contributed by atoms with E-state index in [-0.39, 0.29) is 22.4 Å². The molecule has 0 amide bonds. The Kier molecular flexibility index (Phi) is 5.23. The van der Waals surface area contributed by atoms with Crippen LogP contribution < -0.4 is 5.32 Å². The minimum absolute atomic E-state index is 0.0199. The molecule has 1 unspecified atom stereocenters. The molecule has 0 aliphatic rings. The zero-order chi connectivity index (χ0) is 13.0. The molecule has 4 nitrogen and oxygen atoms in total. The maximum Gasteiger partial charge on any atom is 0.163 e. The number of carbonyl (C=O) groups is 1. The Morgan fingerprint density at radius 1 is 1.59 bits per heavy atom. The predicted octanol–water partition coefficient (Wildman–Crippen LogP) is 2.43. The molecule has 0 saturated carbocycles. The normalized spacial score (nSPS) is 12.2. The minimum Gasteiger partial charge on any atom is -0.771 e. The van der Waals surface area contributed by atoms with Crippen molar-refractivity contribution in [3.63, 3.8) is 0 Å². The van der Waals surface area contributed by atoms with Gasteiger partial charge in [-0.1, -0.05) is 6.92 Å². The highest BCUT2D eigenvalue weighted by Gasteiger charge is 2.15. The lowest BCUT2D eigenvalue weighted by Gasteiger charge is -2.13. The van der Waals surface area contributed by atoms with Crippen molar-refractivity contribution < 1.29 is 17.9 Å². The number of hydrogen-bond donors (Lipinski definition) is 1. The molecule has 1 atom stereocenters. The smallest absolute Gasteiger partial charge is 0.163 e. The van der Waals surface area contributed by atoms with E-state index in [2.05, 4.69) is 21.2 Å². The van der Waals surface area contributed by atoms with Crippen molar-refractivity contribution in [1.82, 2.24) is 0 Å². The van der Waals surface area contributed by atoms with E-state index >= 15 is 0 Å². The first-order chi connectivity index (χ1) is 7.97. The van der Waals surface area contributed by atoms with Gasteiger partial charge in [-0.15, -0.1) is 0 Å². The van der Waals surface area contributed by atoms with Crippen molar-refractivity contribution in [2.45, 2.75) is 13.3 Å².